The number of anilines is 1. The van der Waals surface area contributed by atoms with E-state index in [2.05, 4.69) is 10.3 Å². The van der Waals surface area contributed by atoms with Crippen molar-refractivity contribution in [3.8, 4) is 0 Å². The summed E-state index contributed by atoms with van der Waals surface area (Å²) >= 11 is 0. The maximum atomic E-state index is 12.0. The van der Waals surface area contributed by atoms with Crippen LogP contribution >= 0.6 is 0 Å². The first-order valence-electron chi connectivity index (χ1n) is 6.54. The van der Waals surface area contributed by atoms with Crippen molar-refractivity contribution in [2.45, 2.75) is 39.3 Å². The van der Waals surface area contributed by atoms with Gasteiger partial charge in [-0.1, -0.05) is 18.2 Å². The van der Waals surface area contributed by atoms with Crippen LogP contribution in [-0.4, -0.2) is 29.9 Å². The molecule has 4 heteroatoms. The third-order valence-corrected chi connectivity index (χ3v) is 2.75. The Morgan fingerprint density at radius 2 is 2.05 bits per heavy atom. The van der Waals surface area contributed by atoms with Crippen LogP contribution in [0.5, 0.6) is 0 Å². The van der Waals surface area contributed by atoms with Crippen molar-refractivity contribution in [1.82, 2.24) is 0 Å². The Hall–Kier alpha value is -1.84. The second kappa shape index (κ2) is 5.03. The van der Waals surface area contributed by atoms with E-state index in [1.54, 1.807) is 6.92 Å². The molecule has 0 spiro atoms. The van der Waals surface area contributed by atoms with E-state index in [9.17, 15) is 4.79 Å². The molecule has 1 atom stereocenters. The first kappa shape index (κ1) is 13.6. The molecule has 0 saturated heterocycles. The predicted molar refractivity (Wildman–Crippen MR) is 76.8 cm³/mol. The third kappa shape index (κ3) is 2.95. The summed E-state index contributed by atoms with van der Waals surface area (Å²) in [7, 11) is 0. The largest absolute Gasteiger partial charge is 0.464 e. The standard InChI is InChI=1S/C15H20N2O2/c1-5-19-14(18)13-12(17-15(2,3)4)10-8-6-7-9-11(10)16-13/h6-9,13,16H,5H2,1-4H3. The van der Waals surface area contributed by atoms with Crippen LogP contribution in [0.2, 0.25) is 0 Å². The van der Waals surface area contributed by atoms with Crippen molar-refractivity contribution >= 4 is 17.4 Å². The van der Waals surface area contributed by atoms with Gasteiger partial charge in [-0.25, -0.2) is 4.79 Å². The summed E-state index contributed by atoms with van der Waals surface area (Å²) < 4.78 is 5.12. The van der Waals surface area contributed by atoms with Gasteiger partial charge in [-0.2, -0.15) is 0 Å². The normalized spacial score (nSPS) is 20.0. The highest BCUT2D eigenvalue weighted by molar-refractivity contribution is 6.23. The molecule has 1 N–H and O–H groups in total. The van der Waals surface area contributed by atoms with Gasteiger partial charge >= 0.3 is 5.97 Å². The SMILES string of the molecule is CCOC(=O)C1Nc2ccccc2C1=NC(C)(C)C. The number of ether oxygens (including phenoxy) is 1. The van der Waals surface area contributed by atoms with E-state index < -0.39 is 6.04 Å². The third-order valence-electron chi connectivity index (χ3n) is 2.75. The molecule has 0 saturated carbocycles. The number of nitrogens with one attached hydrogen (secondary N) is 1. The molecule has 1 aromatic carbocycles. The Kier molecular flexibility index (Phi) is 3.60. The molecule has 4 nitrogen and oxygen atoms in total. The zero-order valence-corrected chi connectivity index (χ0v) is 11.9. The van der Waals surface area contributed by atoms with Crippen LogP contribution in [0.15, 0.2) is 29.3 Å². The van der Waals surface area contributed by atoms with Crippen LogP contribution in [0.3, 0.4) is 0 Å². The van der Waals surface area contributed by atoms with E-state index in [-0.39, 0.29) is 11.5 Å². The molecule has 19 heavy (non-hydrogen) atoms. The monoisotopic (exact) mass is 260 g/mol. The molecular formula is C15H20N2O2. The zero-order chi connectivity index (χ0) is 14.0. The quantitative estimate of drug-likeness (QED) is 0.832. The molecular weight excluding hydrogens is 240 g/mol. The van der Waals surface area contributed by atoms with Crippen molar-refractivity contribution in [1.29, 1.82) is 0 Å². The lowest BCUT2D eigenvalue weighted by molar-refractivity contribution is -0.142. The fraction of sp³-hybridized carbons (Fsp3) is 0.467. The Morgan fingerprint density at radius 1 is 1.37 bits per heavy atom. The van der Waals surface area contributed by atoms with Gasteiger partial charge in [0.2, 0.25) is 0 Å². The number of hydrogen-bond acceptors (Lipinski definition) is 4. The molecule has 1 unspecified atom stereocenters. The average molecular weight is 260 g/mol. The van der Waals surface area contributed by atoms with Gasteiger partial charge in [-0.3, -0.25) is 4.99 Å². The summed E-state index contributed by atoms with van der Waals surface area (Å²) in [6, 6.07) is 7.32. The maximum Gasteiger partial charge on any atom is 0.334 e. The molecule has 0 amide bonds. The molecule has 0 aromatic heterocycles. The molecule has 1 heterocycles. The lowest BCUT2D eigenvalue weighted by Crippen LogP contribution is -2.35. The van der Waals surface area contributed by atoms with Crippen LogP contribution in [0, 0.1) is 0 Å². The number of nitrogens with zero attached hydrogens (tertiary/aromatic N) is 1. The van der Waals surface area contributed by atoms with Crippen molar-refractivity contribution in [3.05, 3.63) is 29.8 Å². The Balaban J connectivity index is 2.42. The Bertz CT molecular complexity index is 515. The van der Waals surface area contributed by atoms with Crippen molar-refractivity contribution in [2.24, 2.45) is 4.99 Å². The van der Waals surface area contributed by atoms with E-state index >= 15 is 0 Å². The van der Waals surface area contributed by atoms with E-state index in [1.807, 2.05) is 45.0 Å². The van der Waals surface area contributed by atoms with Gasteiger partial charge in [0.05, 0.1) is 17.9 Å². The lowest BCUT2D eigenvalue weighted by atomic mass is 10.0. The number of fused-ring (bicyclic) bond motifs is 1. The average Bonchev–Trinajstić information content (AvgIpc) is 2.67. The van der Waals surface area contributed by atoms with Gasteiger partial charge in [-0.15, -0.1) is 0 Å². The summed E-state index contributed by atoms with van der Waals surface area (Å²) in [5, 5.41) is 3.19. The van der Waals surface area contributed by atoms with Crippen molar-refractivity contribution in [2.75, 3.05) is 11.9 Å². The van der Waals surface area contributed by atoms with Gasteiger partial charge in [-0.05, 0) is 33.8 Å². The number of hydrogen-bond donors (Lipinski definition) is 1. The Labute approximate surface area is 113 Å². The highest BCUT2D eigenvalue weighted by Gasteiger charge is 2.35. The van der Waals surface area contributed by atoms with Crippen LogP contribution < -0.4 is 5.32 Å². The fourth-order valence-corrected chi connectivity index (χ4v) is 2.09. The fourth-order valence-electron chi connectivity index (χ4n) is 2.09. The molecule has 1 aromatic rings. The number of para-hydroxylation sites is 1. The molecule has 2 rings (SSSR count). The number of esters is 1. The van der Waals surface area contributed by atoms with E-state index in [1.165, 1.54) is 0 Å². The highest BCUT2D eigenvalue weighted by atomic mass is 16.5. The van der Waals surface area contributed by atoms with E-state index in [0.717, 1.165) is 17.0 Å². The zero-order valence-electron chi connectivity index (χ0n) is 11.9. The van der Waals surface area contributed by atoms with Gasteiger partial charge < -0.3 is 10.1 Å². The summed E-state index contributed by atoms with van der Waals surface area (Å²) in [6.45, 7) is 8.23. The molecule has 1 aliphatic heterocycles. The first-order chi connectivity index (χ1) is 8.92. The molecule has 102 valence electrons. The highest BCUT2D eigenvalue weighted by Crippen LogP contribution is 2.28. The lowest BCUT2D eigenvalue weighted by Gasteiger charge is -2.17. The topological polar surface area (TPSA) is 50.7 Å². The summed E-state index contributed by atoms with van der Waals surface area (Å²) in [6.07, 6.45) is 0. The summed E-state index contributed by atoms with van der Waals surface area (Å²) in [5.74, 6) is -0.276. The number of carbonyl (C=O) groups is 1. The minimum atomic E-state index is -0.503. The summed E-state index contributed by atoms with van der Waals surface area (Å²) in [4.78, 5) is 16.7. The van der Waals surface area contributed by atoms with Crippen molar-refractivity contribution in [3.63, 3.8) is 0 Å². The van der Waals surface area contributed by atoms with Gasteiger partial charge in [0.25, 0.3) is 0 Å². The predicted octanol–water partition coefficient (Wildman–Crippen LogP) is 2.63. The number of aliphatic imine (C=N–C) groups is 1. The molecule has 0 fully saturated rings. The molecule has 0 bridgehead atoms. The molecule has 1 aliphatic rings. The van der Waals surface area contributed by atoms with Crippen LogP contribution in [0.4, 0.5) is 5.69 Å². The van der Waals surface area contributed by atoms with Crippen molar-refractivity contribution < 1.29 is 9.53 Å². The minimum Gasteiger partial charge on any atom is -0.464 e. The van der Waals surface area contributed by atoms with Crippen LogP contribution in [0.25, 0.3) is 0 Å². The van der Waals surface area contributed by atoms with E-state index in [4.69, 9.17) is 4.74 Å². The number of rotatable bonds is 2. The van der Waals surface area contributed by atoms with Crippen LogP contribution in [-0.2, 0) is 9.53 Å². The Morgan fingerprint density at radius 3 is 2.68 bits per heavy atom. The van der Waals surface area contributed by atoms with Gasteiger partial charge in [0.1, 0.15) is 0 Å². The maximum absolute atomic E-state index is 12.0. The smallest absolute Gasteiger partial charge is 0.334 e. The number of benzene rings is 1. The second-order valence-corrected chi connectivity index (χ2v) is 5.54. The van der Waals surface area contributed by atoms with Gasteiger partial charge in [0.15, 0.2) is 6.04 Å². The number of carbonyl (C=O) groups excluding carboxylic acids is 1. The molecule has 0 aliphatic carbocycles. The molecule has 0 radical (unpaired) electrons. The van der Waals surface area contributed by atoms with E-state index in [0.29, 0.717) is 6.61 Å². The minimum absolute atomic E-state index is 0.237. The first-order valence-corrected chi connectivity index (χ1v) is 6.54. The second-order valence-electron chi connectivity index (χ2n) is 5.54. The van der Waals surface area contributed by atoms with Crippen LogP contribution in [0.1, 0.15) is 33.3 Å². The summed E-state index contributed by atoms with van der Waals surface area (Å²) in [5.41, 5.74) is 2.44. The van der Waals surface area contributed by atoms with Gasteiger partial charge in [0, 0.05) is 11.3 Å².